The minimum atomic E-state index is -0.0461. The van der Waals surface area contributed by atoms with Gasteiger partial charge in [0.1, 0.15) is 0 Å². The molecule has 0 radical (unpaired) electrons. The maximum Gasteiger partial charge on any atom is 0.243 e. The first-order valence-electron chi connectivity index (χ1n) is 6.94. The molecule has 0 saturated carbocycles. The molecule has 0 bridgehead atoms. The maximum atomic E-state index is 12.1. The molecular formula is C13H18N4O2S. The van der Waals surface area contributed by atoms with Crippen molar-refractivity contribution in [3.8, 4) is 0 Å². The Morgan fingerprint density at radius 2 is 2.05 bits per heavy atom. The summed E-state index contributed by atoms with van der Waals surface area (Å²) in [6, 6.07) is 0. The van der Waals surface area contributed by atoms with Crippen LogP contribution in [0.1, 0.15) is 12.8 Å². The first-order valence-corrected chi connectivity index (χ1v) is 7.82. The van der Waals surface area contributed by atoms with Crippen LogP contribution in [0.4, 0.5) is 5.13 Å². The van der Waals surface area contributed by atoms with E-state index in [9.17, 15) is 9.59 Å². The zero-order valence-electron chi connectivity index (χ0n) is 11.3. The first-order chi connectivity index (χ1) is 9.74. The third-order valence-corrected chi connectivity index (χ3v) is 4.63. The Morgan fingerprint density at radius 3 is 2.65 bits per heavy atom. The highest BCUT2D eigenvalue weighted by molar-refractivity contribution is 7.13. The minimum absolute atomic E-state index is 0.0172. The second-order valence-corrected chi connectivity index (χ2v) is 5.99. The smallest absolute Gasteiger partial charge is 0.243 e. The van der Waals surface area contributed by atoms with E-state index in [1.807, 2.05) is 11.6 Å². The summed E-state index contributed by atoms with van der Waals surface area (Å²) in [6.45, 7) is 4.40. The van der Waals surface area contributed by atoms with E-state index >= 15 is 0 Å². The van der Waals surface area contributed by atoms with Crippen LogP contribution in [0.25, 0.3) is 0 Å². The van der Waals surface area contributed by atoms with Gasteiger partial charge in [-0.05, 0) is 6.42 Å². The van der Waals surface area contributed by atoms with Crippen LogP contribution >= 0.6 is 11.3 Å². The van der Waals surface area contributed by atoms with E-state index in [-0.39, 0.29) is 11.8 Å². The highest BCUT2D eigenvalue weighted by Gasteiger charge is 2.28. The number of nitrogens with zero attached hydrogens (tertiary/aromatic N) is 4. The van der Waals surface area contributed by atoms with Gasteiger partial charge in [0.15, 0.2) is 5.13 Å². The molecule has 3 heterocycles. The monoisotopic (exact) mass is 294 g/mol. The zero-order valence-corrected chi connectivity index (χ0v) is 12.1. The molecule has 0 aliphatic carbocycles. The van der Waals surface area contributed by atoms with Crippen molar-refractivity contribution in [3.05, 3.63) is 11.6 Å². The maximum absolute atomic E-state index is 12.1. The summed E-state index contributed by atoms with van der Waals surface area (Å²) in [5, 5.41) is 3.02. The third-order valence-electron chi connectivity index (χ3n) is 3.80. The molecule has 0 atom stereocenters. The van der Waals surface area contributed by atoms with Gasteiger partial charge in [-0.15, -0.1) is 11.3 Å². The number of carbonyl (C=O) groups is 2. The number of hydrogen-bond donors (Lipinski definition) is 0. The van der Waals surface area contributed by atoms with Crippen LogP contribution in [0, 0.1) is 0 Å². The van der Waals surface area contributed by atoms with Gasteiger partial charge >= 0.3 is 0 Å². The third kappa shape index (κ3) is 2.83. The van der Waals surface area contributed by atoms with Crippen molar-refractivity contribution < 1.29 is 9.59 Å². The van der Waals surface area contributed by atoms with Crippen LogP contribution in [0.15, 0.2) is 11.6 Å². The molecule has 108 valence electrons. The lowest BCUT2D eigenvalue weighted by atomic mass is 10.3. The number of thiazole rings is 1. The van der Waals surface area contributed by atoms with E-state index in [1.165, 1.54) is 4.90 Å². The number of aromatic nitrogens is 1. The molecule has 2 aliphatic heterocycles. The van der Waals surface area contributed by atoms with Gasteiger partial charge in [-0.1, -0.05) is 0 Å². The quantitative estimate of drug-likeness (QED) is 0.808. The van der Waals surface area contributed by atoms with Crippen LogP contribution < -0.4 is 4.90 Å². The van der Waals surface area contributed by atoms with Gasteiger partial charge in [0.25, 0.3) is 0 Å². The van der Waals surface area contributed by atoms with Crippen molar-refractivity contribution in [1.82, 2.24) is 14.8 Å². The van der Waals surface area contributed by atoms with Crippen molar-refractivity contribution in [2.24, 2.45) is 0 Å². The van der Waals surface area contributed by atoms with Crippen LogP contribution in [0.5, 0.6) is 0 Å². The normalized spacial score (nSPS) is 20.7. The van der Waals surface area contributed by atoms with E-state index < -0.39 is 0 Å². The van der Waals surface area contributed by atoms with Gasteiger partial charge in [0.05, 0.1) is 6.54 Å². The van der Waals surface area contributed by atoms with Crippen LogP contribution in [0.3, 0.4) is 0 Å². The molecule has 0 unspecified atom stereocenters. The number of hydrogen-bond acceptors (Lipinski definition) is 6. The van der Waals surface area contributed by atoms with Crippen molar-refractivity contribution in [3.63, 3.8) is 0 Å². The lowest BCUT2D eigenvalue weighted by Crippen LogP contribution is -2.50. The summed E-state index contributed by atoms with van der Waals surface area (Å²) in [4.78, 5) is 33.7. The van der Waals surface area contributed by atoms with Crippen LogP contribution in [0.2, 0.25) is 0 Å². The SMILES string of the molecule is O=C1CCCN1C(=O)CN1CCN(c2nccs2)CC1. The number of amides is 2. The standard InChI is InChI=1S/C13H18N4O2S/c18-11-2-1-4-17(11)12(19)10-15-5-7-16(8-6-15)13-14-3-9-20-13/h3,9H,1-2,4-8,10H2. The van der Waals surface area contributed by atoms with E-state index in [0.717, 1.165) is 37.7 Å². The second kappa shape index (κ2) is 5.88. The van der Waals surface area contributed by atoms with Gasteiger partial charge in [0, 0.05) is 50.7 Å². The molecule has 7 heteroatoms. The number of anilines is 1. The van der Waals surface area contributed by atoms with Gasteiger partial charge in [-0.25, -0.2) is 4.98 Å². The summed E-state index contributed by atoms with van der Waals surface area (Å²) in [7, 11) is 0. The molecule has 2 saturated heterocycles. The first kappa shape index (κ1) is 13.5. The molecule has 1 aromatic rings. The summed E-state index contributed by atoms with van der Waals surface area (Å²) in [6.07, 6.45) is 3.14. The van der Waals surface area contributed by atoms with Crippen molar-refractivity contribution in [2.45, 2.75) is 12.8 Å². The minimum Gasteiger partial charge on any atom is -0.346 e. The molecule has 2 amide bonds. The topological polar surface area (TPSA) is 56.8 Å². The molecule has 2 aliphatic rings. The molecule has 3 rings (SSSR count). The van der Waals surface area contributed by atoms with Gasteiger partial charge < -0.3 is 4.90 Å². The molecule has 20 heavy (non-hydrogen) atoms. The van der Waals surface area contributed by atoms with E-state index in [2.05, 4.69) is 14.8 Å². The Hall–Kier alpha value is -1.47. The van der Waals surface area contributed by atoms with E-state index in [4.69, 9.17) is 0 Å². The van der Waals surface area contributed by atoms with Crippen molar-refractivity contribution in [1.29, 1.82) is 0 Å². The highest BCUT2D eigenvalue weighted by atomic mass is 32.1. The fourth-order valence-electron chi connectivity index (χ4n) is 2.66. The second-order valence-electron chi connectivity index (χ2n) is 5.12. The van der Waals surface area contributed by atoms with Gasteiger partial charge in [-0.3, -0.25) is 19.4 Å². The summed E-state index contributed by atoms with van der Waals surface area (Å²) in [5.74, 6) is -0.0633. The number of carbonyl (C=O) groups excluding carboxylic acids is 2. The lowest BCUT2D eigenvalue weighted by Gasteiger charge is -2.34. The molecule has 0 aromatic carbocycles. The number of likely N-dealkylation sites (tertiary alicyclic amines) is 1. The fraction of sp³-hybridized carbons (Fsp3) is 0.615. The molecule has 1 aromatic heterocycles. The Morgan fingerprint density at radius 1 is 1.25 bits per heavy atom. The Balaban J connectivity index is 1.49. The largest absolute Gasteiger partial charge is 0.346 e. The number of piperazine rings is 1. The van der Waals surface area contributed by atoms with Crippen LogP contribution in [-0.4, -0.2) is 65.9 Å². The molecule has 2 fully saturated rings. The molecule has 0 spiro atoms. The zero-order chi connectivity index (χ0) is 13.9. The molecular weight excluding hydrogens is 276 g/mol. The summed E-state index contributed by atoms with van der Waals surface area (Å²) in [5.41, 5.74) is 0. The predicted molar refractivity (Wildman–Crippen MR) is 76.7 cm³/mol. The Labute approximate surface area is 122 Å². The predicted octanol–water partition coefficient (Wildman–Crippen LogP) is 0.414. The average molecular weight is 294 g/mol. The summed E-state index contributed by atoms with van der Waals surface area (Å²) < 4.78 is 0. The average Bonchev–Trinajstić information content (AvgIpc) is 3.10. The highest BCUT2D eigenvalue weighted by Crippen LogP contribution is 2.19. The van der Waals surface area contributed by atoms with Crippen molar-refractivity contribution >= 4 is 28.3 Å². The van der Waals surface area contributed by atoms with Gasteiger partial charge in [-0.2, -0.15) is 0 Å². The summed E-state index contributed by atoms with van der Waals surface area (Å²) >= 11 is 1.64. The lowest BCUT2D eigenvalue weighted by molar-refractivity contribution is -0.142. The Bertz CT molecular complexity index is 483. The fourth-order valence-corrected chi connectivity index (χ4v) is 3.35. The molecule has 6 nitrogen and oxygen atoms in total. The van der Waals surface area contributed by atoms with E-state index in [0.29, 0.717) is 19.5 Å². The number of rotatable bonds is 3. The van der Waals surface area contributed by atoms with Crippen LogP contribution in [-0.2, 0) is 9.59 Å². The number of imide groups is 1. The molecule has 0 N–H and O–H groups in total. The van der Waals surface area contributed by atoms with E-state index in [1.54, 1.807) is 11.3 Å². The van der Waals surface area contributed by atoms with Gasteiger partial charge in [0.2, 0.25) is 11.8 Å². The van der Waals surface area contributed by atoms with Crippen molar-refractivity contribution in [2.75, 3.05) is 44.2 Å². The Kier molecular flexibility index (Phi) is 3.98.